The Morgan fingerprint density at radius 3 is 2.82 bits per heavy atom. The number of aromatic nitrogens is 1. The van der Waals surface area contributed by atoms with Crippen molar-refractivity contribution in [2.24, 2.45) is 0 Å². The van der Waals surface area contributed by atoms with Gasteiger partial charge in [-0.15, -0.1) is 0 Å². The molecule has 7 heteroatoms. The molecule has 0 aliphatic heterocycles. The quantitative estimate of drug-likeness (QED) is 0.620. The van der Waals surface area contributed by atoms with Crippen molar-refractivity contribution in [3.63, 3.8) is 0 Å². The van der Waals surface area contributed by atoms with Crippen LogP contribution in [0.5, 0.6) is 0 Å². The van der Waals surface area contributed by atoms with Crippen LogP contribution in [0.4, 0.5) is 8.78 Å². The van der Waals surface area contributed by atoms with Crippen molar-refractivity contribution >= 4 is 28.6 Å². The van der Waals surface area contributed by atoms with Gasteiger partial charge < -0.3 is 4.74 Å². The number of carbonyl (C=O) groups excluding carboxylic acids is 1. The molecule has 0 fully saturated rings. The van der Waals surface area contributed by atoms with Gasteiger partial charge in [-0.1, -0.05) is 0 Å². The molecule has 0 amide bonds. The van der Waals surface area contributed by atoms with Crippen LogP contribution in [-0.4, -0.2) is 17.6 Å². The number of nitrogens with zero attached hydrogens (tertiary/aromatic N) is 2. The van der Waals surface area contributed by atoms with E-state index in [0.29, 0.717) is 0 Å². The van der Waals surface area contributed by atoms with Crippen molar-refractivity contribution < 1.29 is 18.3 Å². The first kappa shape index (κ1) is 13.8. The molecule has 90 valence electrons. The summed E-state index contributed by atoms with van der Waals surface area (Å²) >= 11 is 1.60. The number of hydrogen-bond donors (Lipinski definition) is 0. The van der Waals surface area contributed by atoms with Gasteiger partial charge in [0.15, 0.2) is 5.69 Å². The minimum atomic E-state index is -2.77. The molecule has 0 spiro atoms. The lowest BCUT2D eigenvalue weighted by Crippen LogP contribution is -2.10. The van der Waals surface area contributed by atoms with E-state index in [9.17, 15) is 13.6 Å². The summed E-state index contributed by atoms with van der Waals surface area (Å²) in [6, 6.07) is 2.62. The van der Waals surface area contributed by atoms with Gasteiger partial charge in [-0.2, -0.15) is 5.26 Å². The van der Waals surface area contributed by atoms with Gasteiger partial charge in [0.1, 0.15) is 11.8 Å². The number of alkyl halides is 2. The summed E-state index contributed by atoms with van der Waals surface area (Å²) in [5.41, 5.74) is -0.870. The Kier molecular flexibility index (Phi) is 4.74. The fourth-order valence-electron chi connectivity index (χ4n) is 1.09. The largest absolute Gasteiger partial charge is 0.461 e. The van der Waals surface area contributed by atoms with Crippen molar-refractivity contribution in [2.75, 3.05) is 6.61 Å². The van der Waals surface area contributed by atoms with E-state index in [1.165, 1.54) is 0 Å². The smallest absolute Gasteiger partial charge is 0.356 e. The molecular weight excluding hydrogens is 345 g/mol. The van der Waals surface area contributed by atoms with Crippen LogP contribution in [0.25, 0.3) is 0 Å². The number of halogens is 3. The monoisotopic (exact) mass is 352 g/mol. The van der Waals surface area contributed by atoms with Gasteiger partial charge in [0, 0.05) is 5.56 Å². The van der Waals surface area contributed by atoms with Gasteiger partial charge in [0.05, 0.1) is 10.2 Å². The van der Waals surface area contributed by atoms with Crippen LogP contribution >= 0.6 is 22.6 Å². The Morgan fingerprint density at radius 2 is 2.35 bits per heavy atom. The molecule has 0 aliphatic rings. The van der Waals surface area contributed by atoms with Gasteiger partial charge >= 0.3 is 5.97 Å². The Hall–Kier alpha value is -1.30. The zero-order valence-electron chi connectivity index (χ0n) is 8.71. The van der Waals surface area contributed by atoms with E-state index >= 15 is 0 Å². The second kappa shape index (κ2) is 5.86. The maximum Gasteiger partial charge on any atom is 0.356 e. The number of esters is 1. The van der Waals surface area contributed by atoms with Crippen LogP contribution in [0.1, 0.15) is 35.1 Å². The van der Waals surface area contributed by atoms with Gasteiger partial charge in [-0.25, -0.2) is 18.6 Å². The van der Waals surface area contributed by atoms with Crippen molar-refractivity contribution in [2.45, 2.75) is 13.3 Å². The second-order valence-electron chi connectivity index (χ2n) is 2.89. The number of pyridine rings is 1. The highest BCUT2D eigenvalue weighted by Crippen LogP contribution is 2.26. The molecule has 0 unspecified atom stereocenters. The summed E-state index contributed by atoms with van der Waals surface area (Å²) in [4.78, 5) is 15.0. The third-order valence-electron chi connectivity index (χ3n) is 1.81. The average Bonchev–Trinajstić information content (AvgIpc) is 2.29. The molecule has 1 aromatic rings. The van der Waals surface area contributed by atoms with Crippen molar-refractivity contribution in [3.8, 4) is 6.07 Å². The fraction of sp³-hybridized carbons (Fsp3) is 0.300. The highest BCUT2D eigenvalue weighted by molar-refractivity contribution is 14.1. The second-order valence-corrected chi connectivity index (χ2v) is 3.97. The summed E-state index contributed by atoms with van der Waals surface area (Å²) in [6.07, 6.45) is -2.77. The van der Waals surface area contributed by atoms with Crippen LogP contribution in [0.3, 0.4) is 0 Å². The van der Waals surface area contributed by atoms with E-state index in [-0.39, 0.29) is 27.1 Å². The standard InChI is InChI=1S/C10H7F2IN2O2/c1-2-17-10(16)6-3-5(9(11)12)8(13)7(4-14)15-6/h3,9H,2H2,1H3. The third-order valence-corrected chi connectivity index (χ3v) is 2.95. The number of ether oxygens (including phenoxy) is 1. The number of hydrogen-bond acceptors (Lipinski definition) is 4. The van der Waals surface area contributed by atoms with E-state index in [0.717, 1.165) is 6.07 Å². The molecule has 0 saturated heterocycles. The minimum absolute atomic E-state index is 0.0492. The molecule has 17 heavy (non-hydrogen) atoms. The number of carbonyl (C=O) groups is 1. The lowest BCUT2D eigenvalue weighted by Gasteiger charge is -2.07. The molecule has 0 bridgehead atoms. The molecule has 0 radical (unpaired) electrons. The van der Waals surface area contributed by atoms with Crippen molar-refractivity contribution in [3.05, 3.63) is 26.6 Å². The maximum atomic E-state index is 12.7. The molecule has 0 N–H and O–H groups in total. The topological polar surface area (TPSA) is 63.0 Å². The van der Waals surface area contributed by atoms with Crippen LogP contribution in [0, 0.1) is 14.9 Å². The van der Waals surface area contributed by atoms with Crippen LogP contribution in [0.2, 0.25) is 0 Å². The van der Waals surface area contributed by atoms with Gasteiger partial charge in [-0.3, -0.25) is 0 Å². The lowest BCUT2D eigenvalue weighted by molar-refractivity contribution is 0.0518. The highest BCUT2D eigenvalue weighted by Gasteiger charge is 2.20. The van der Waals surface area contributed by atoms with E-state index in [4.69, 9.17) is 5.26 Å². The maximum absolute atomic E-state index is 12.7. The summed E-state index contributed by atoms with van der Waals surface area (Å²) in [6.45, 7) is 1.70. The third kappa shape index (κ3) is 3.09. The minimum Gasteiger partial charge on any atom is -0.461 e. The molecule has 0 aromatic carbocycles. The normalized spacial score (nSPS) is 10.1. The predicted molar refractivity (Wildman–Crippen MR) is 62.6 cm³/mol. The summed E-state index contributed by atoms with van der Waals surface area (Å²) in [5, 5.41) is 8.75. The molecule has 1 aromatic heterocycles. The Morgan fingerprint density at radius 1 is 1.71 bits per heavy atom. The van der Waals surface area contributed by atoms with Crippen LogP contribution < -0.4 is 0 Å². The fourth-order valence-corrected chi connectivity index (χ4v) is 1.72. The Labute approximate surface area is 110 Å². The number of nitriles is 1. The molecule has 0 aliphatic carbocycles. The summed E-state index contributed by atoms with van der Waals surface area (Å²) < 4.78 is 30.1. The Balaban J connectivity index is 3.31. The van der Waals surface area contributed by atoms with Gasteiger partial charge in [-0.05, 0) is 35.6 Å². The Bertz CT molecular complexity index is 486. The van der Waals surface area contributed by atoms with Gasteiger partial charge in [0.25, 0.3) is 6.43 Å². The zero-order valence-corrected chi connectivity index (χ0v) is 10.9. The van der Waals surface area contributed by atoms with Crippen molar-refractivity contribution in [1.29, 1.82) is 5.26 Å². The van der Waals surface area contributed by atoms with E-state index in [2.05, 4.69) is 9.72 Å². The molecule has 1 rings (SSSR count). The predicted octanol–water partition coefficient (Wildman–Crippen LogP) is 2.67. The zero-order chi connectivity index (χ0) is 13.0. The van der Waals surface area contributed by atoms with E-state index < -0.39 is 12.4 Å². The molecular formula is C10H7F2IN2O2. The first-order chi connectivity index (χ1) is 8.01. The van der Waals surface area contributed by atoms with Crippen LogP contribution in [0.15, 0.2) is 6.07 Å². The SMILES string of the molecule is CCOC(=O)c1cc(C(F)F)c(I)c(C#N)n1. The first-order valence-electron chi connectivity index (χ1n) is 4.57. The highest BCUT2D eigenvalue weighted by atomic mass is 127. The van der Waals surface area contributed by atoms with Crippen LogP contribution in [-0.2, 0) is 4.74 Å². The van der Waals surface area contributed by atoms with Crippen molar-refractivity contribution in [1.82, 2.24) is 4.98 Å². The molecule has 4 nitrogen and oxygen atoms in total. The summed E-state index contributed by atoms with van der Waals surface area (Å²) in [7, 11) is 0. The van der Waals surface area contributed by atoms with E-state index in [1.807, 2.05) is 0 Å². The molecule has 1 heterocycles. The van der Waals surface area contributed by atoms with Gasteiger partial charge in [0.2, 0.25) is 0 Å². The lowest BCUT2D eigenvalue weighted by atomic mass is 10.2. The van der Waals surface area contributed by atoms with E-state index in [1.54, 1.807) is 35.6 Å². The average molecular weight is 352 g/mol. The summed E-state index contributed by atoms with van der Waals surface area (Å²) in [5.74, 6) is -0.817. The molecule has 0 atom stereocenters. The number of rotatable bonds is 3. The first-order valence-corrected chi connectivity index (χ1v) is 5.65. The molecule has 0 saturated carbocycles.